The van der Waals surface area contributed by atoms with Crippen LogP contribution in [-0.4, -0.2) is 44.8 Å². The molecule has 0 saturated carbocycles. The lowest BCUT2D eigenvalue weighted by atomic mass is 9.89. The van der Waals surface area contributed by atoms with Crippen LogP contribution in [0.5, 0.6) is 0 Å². The highest BCUT2D eigenvalue weighted by Gasteiger charge is 2.24. The number of piperidine rings is 1. The minimum atomic E-state index is -0.507. The second-order valence-corrected chi connectivity index (χ2v) is 10.6. The van der Waals surface area contributed by atoms with E-state index in [1.807, 2.05) is 25.1 Å². The fourth-order valence-corrected chi connectivity index (χ4v) is 5.40. The van der Waals surface area contributed by atoms with E-state index in [-0.39, 0.29) is 5.91 Å². The average molecular weight is 584 g/mol. The van der Waals surface area contributed by atoms with Crippen molar-refractivity contribution in [3.05, 3.63) is 87.9 Å². The van der Waals surface area contributed by atoms with E-state index in [1.54, 1.807) is 24.3 Å². The molecule has 1 aliphatic heterocycles. The number of nitrogens with one attached hydrogen (secondary N) is 3. The fraction of sp³-hybridized carbons (Fsp3) is 0.355. The van der Waals surface area contributed by atoms with E-state index in [4.69, 9.17) is 27.9 Å². The Hall–Kier alpha value is -3.26. The number of hydrogen-bond acceptors (Lipinski definition) is 4. The van der Waals surface area contributed by atoms with Gasteiger partial charge in [0.1, 0.15) is 0 Å². The summed E-state index contributed by atoms with van der Waals surface area (Å²) >= 11 is 12.4. The van der Waals surface area contributed by atoms with Gasteiger partial charge in [0.05, 0.1) is 21.3 Å². The number of ether oxygens (including phenoxy) is 1. The van der Waals surface area contributed by atoms with Gasteiger partial charge in [-0.05, 0) is 74.4 Å². The van der Waals surface area contributed by atoms with Gasteiger partial charge in [0.2, 0.25) is 0 Å². The molecule has 4 rings (SSSR count). The van der Waals surface area contributed by atoms with E-state index in [0.29, 0.717) is 52.7 Å². The minimum Gasteiger partial charge on any atom is -0.382 e. The number of para-hydroxylation sites is 1. The van der Waals surface area contributed by atoms with Crippen molar-refractivity contribution in [1.29, 1.82) is 0 Å². The van der Waals surface area contributed by atoms with Crippen LogP contribution in [0.25, 0.3) is 0 Å². The van der Waals surface area contributed by atoms with Gasteiger partial charge in [-0.15, -0.1) is 0 Å². The van der Waals surface area contributed by atoms with Gasteiger partial charge in [-0.25, -0.2) is 4.79 Å². The summed E-state index contributed by atoms with van der Waals surface area (Å²) in [4.78, 5) is 28.3. The molecule has 1 saturated heterocycles. The van der Waals surface area contributed by atoms with Crippen molar-refractivity contribution in [2.75, 3.05) is 48.4 Å². The molecule has 0 atom stereocenters. The number of rotatable bonds is 11. The van der Waals surface area contributed by atoms with Crippen LogP contribution in [0.1, 0.15) is 42.1 Å². The molecule has 3 amide bonds. The molecule has 7 nitrogen and oxygen atoms in total. The highest BCUT2D eigenvalue weighted by molar-refractivity contribution is 6.39. The molecule has 0 aromatic heterocycles. The largest absolute Gasteiger partial charge is 0.382 e. The van der Waals surface area contributed by atoms with Gasteiger partial charge in [-0.3, -0.25) is 4.79 Å². The summed E-state index contributed by atoms with van der Waals surface area (Å²) in [5, 5.41) is 9.17. The maximum atomic E-state index is 13.3. The van der Waals surface area contributed by atoms with E-state index in [1.165, 1.54) is 5.56 Å². The zero-order valence-corrected chi connectivity index (χ0v) is 24.2. The number of anilines is 3. The molecule has 1 heterocycles. The van der Waals surface area contributed by atoms with Gasteiger partial charge >= 0.3 is 6.03 Å². The zero-order chi connectivity index (χ0) is 28.3. The van der Waals surface area contributed by atoms with Crippen molar-refractivity contribution in [3.8, 4) is 0 Å². The molecule has 9 heteroatoms. The number of carbonyl (C=O) groups excluding carboxylic acids is 2. The van der Waals surface area contributed by atoms with Gasteiger partial charge < -0.3 is 25.6 Å². The molecule has 3 N–H and O–H groups in total. The monoisotopic (exact) mass is 582 g/mol. The van der Waals surface area contributed by atoms with Crippen LogP contribution in [0.15, 0.2) is 66.7 Å². The summed E-state index contributed by atoms with van der Waals surface area (Å²) in [7, 11) is 0. The Kier molecular flexibility index (Phi) is 11.1. The first-order valence-electron chi connectivity index (χ1n) is 13.8. The fourth-order valence-electron chi connectivity index (χ4n) is 4.91. The first kappa shape index (κ1) is 29.7. The number of halogens is 2. The van der Waals surface area contributed by atoms with Crippen molar-refractivity contribution in [2.45, 2.75) is 32.6 Å². The van der Waals surface area contributed by atoms with E-state index >= 15 is 0 Å². The third kappa shape index (κ3) is 8.37. The molecule has 0 unspecified atom stereocenters. The topological polar surface area (TPSA) is 82.7 Å². The van der Waals surface area contributed by atoms with Crippen LogP contribution in [-0.2, 0) is 11.2 Å². The Bertz CT molecular complexity index is 1260. The van der Waals surface area contributed by atoms with Gasteiger partial charge in [-0.2, -0.15) is 0 Å². The molecule has 1 fully saturated rings. The number of carbonyl (C=O) groups is 2. The normalized spacial score (nSPS) is 13.6. The first-order chi connectivity index (χ1) is 19.4. The molecular weight excluding hydrogens is 547 g/mol. The molecule has 1 aliphatic rings. The van der Waals surface area contributed by atoms with Crippen molar-refractivity contribution in [1.82, 2.24) is 5.32 Å². The Labute approximate surface area is 246 Å². The standard InChI is InChI=1S/C31H36Cl2N4O3/c1-2-40-19-7-16-34-30(38)25-21-24(35-31(39)36-29-26(32)10-6-11-27(29)33)12-13-28(25)37-17-14-23(15-18-37)20-22-8-4-3-5-9-22/h3-6,8-13,21,23H,2,7,14-20H2,1H3,(H,34,38)(H2,35,36,39). The van der Waals surface area contributed by atoms with Crippen LogP contribution < -0.4 is 20.9 Å². The van der Waals surface area contributed by atoms with Crippen LogP contribution in [0.3, 0.4) is 0 Å². The first-order valence-corrected chi connectivity index (χ1v) is 14.5. The molecule has 212 valence electrons. The lowest BCUT2D eigenvalue weighted by Gasteiger charge is -2.35. The Morgan fingerprint density at radius 1 is 0.950 bits per heavy atom. The predicted molar refractivity (Wildman–Crippen MR) is 164 cm³/mol. The Balaban J connectivity index is 1.46. The Morgan fingerprint density at radius 2 is 1.68 bits per heavy atom. The van der Waals surface area contributed by atoms with Crippen LogP contribution in [0.2, 0.25) is 10.0 Å². The van der Waals surface area contributed by atoms with Crippen molar-refractivity contribution < 1.29 is 14.3 Å². The third-order valence-electron chi connectivity index (χ3n) is 6.98. The van der Waals surface area contributed by atoms with Crippen LogP contribution in [0.4, 0.5) is 21.9 Å². The van der Waals surface area contributed by atoms with Gasteiger partial charge in [0.25, 0.3) is 5.91 Å². The summed E-state index contributed by atoms with van der Waals surface area (Å²) in [6, 6.07) is 20.5. The van der Waals surface area contributed by atoms with Gasteiger partial charge in [0.15, 0.2) is 0 Å². The molecule has 40 heavy (non-hydrogen) atoms. The third-order valence-corrected chi connectivity index (χ3v) is 7.61. The van der Waals surface area contributed by atoms with E-state index < -0.39 is 6.03 Å². The number of amides is 3. The summed E-state index contributed by atoms with van der Waals surface area (Å²) in [5.74, 6) is 0.423. The summed E-state index contributed by atoms with van der Waals surface area (Å²) in [6.07, 6.45) is 3.88. The van der Waals surface area contributed by atoms with Crippen molar-refractivity contribution in [3.63, 3.8) is 0 Å². The van der Waals surface area contributed by atoms with Gasteiger partial charge in [0, 0.05) is 44.2 Å². The summed E-state index contributed by atoms with van der Waals surface area (Å²) in [5.41, 5.74) is 3.56. The molecule has 0 bridgehead atoms. The minimum absolute atomic E-state index is 0.184. The van der Waals surface area contributed by atoms with E-state index in [9.17, 15) is 9.59 Å². The van der Waals surface area contributed by atoms with Crippen LogP contribution >= 0.6 is 23.2 Å². The van der Waals surface area contributed by atoms with Gasteiger partial charge in [-0.1, -0.05) is 59.6 Å². The summed E-state index contributed by atoms with van der Waals surface area (Å²) in [6.45, 7) is 5.40. The van der Waals surface area contributed by atoms with Crippen molar-refractivity contribution >= 4 is 52.2 Å². The SMILES string of the molecule is CCOCCCNC(=O)c1cc(NC(=O)Nc2c(Cl)cccc2Cl)ccc1N1CCC(Cc2ccccc2)CC1. The predicted octanol–water partition coefficient (Wildman–Crippen LogP) is 7.25. The lowest BCUT2D eigenvalue weighted by Crippen LogP contribution is -2.36. The highest BCUT2D eigenvalue weighted by atomic mass is 35.5. The van der Waals surface area contributed by atoms with E-state index in [2.05, 4.69) is 45.1 Å². The molecule has 3 aromatic carbocycles. The molecular formula is C31H36Cl2N4O3. The summed E-state index contributed by atoms with van der Waals surface area (Å²) < 4.78 is 5.39. The van der Waals surface area contributed by atoms with Crippen molar-refractivity contribution in [2.24, 2.45) is 5.92 Å². The second-order valence-electron chi connectivity index (χ2n) is 9.83. The Morgan fingerprint density at radius 3 is 2.38 bits per heavy atom. The molecule has 0 spiro atoms. The maximum absolute atomic E-state index is 13.3. The quantitative estimate of drug-likeness (QED) is 0.208. The second kappa shape index (κ2) is 14.9. The number of nitrogens with zero attached hydrogens (tertiary/aromatic N) is 1. The lowest BCUT2D eigenvalue weighted by molar-refractivity contribution is 0.0944. The average Bonchev–Trinajstić information content (AvgIpc) is 2.96. The highest BCUT2D eigenvalue weighted by Crippen LogP contribution is 2.32. The molecule has 0 radical (unpaired) electrons. The smallest absolute Gasteiger partial charge is 0.323 e. The number of hydrogen-bond donors (Lipinski definition) is 3. The van der Waals surface area contributed by atoms with E-state index in [0.717, 1.165) is 44.5 Å². The van der Waals surface area contributed by atoms with Crippen LogP contribution in [0, 0.1) is 5.92 Å². The number of urea groups is 1. The molecule has 3 aromatic rings. The number of benzene rings is 3. The zero-order valence-electron chi connectivity index (χ0n) is 22.7. The maximum Gasteiger partial charge on any atom is 0.323 e. The molecule has 0 aliphatic carbocycles.